The van der Waals surface area contributed by atoms with Gasteiger partial charge in [-0.05, 0) is 41.5 Å². The standard InChI is InChI=1S/C12H25N2O6P/c1-7(2)19-21(18,20-8(3)4)14-9(5)11(15)13-10(6)12(16)17/h7-10H,1-6H3,(H,13,15)(H,14,18)(H,16,17). The fraction of sp³-hybridized carbons (Fsp3) is 0.833. The van der Waals surface area contributed by atoms with Gasteiger partial charge in [-0.25, -0.2) is 9.65 Å². The van der Waals surface area contributed by atoms with Crippen LogP contribution in [-0.2, 0) is 23.2 Å². The van der Waals surface area contributed by atoms with Crippen molar-refractivity contribution in [3.05, 3.63) is 0 Å². The molecule has 0 rings (SSSR count). The van der Waals surface area contributed by atoms with E-state index in [0.717, 1.165) is 0 Å². The molecule has 0 aliphatic heterocycles. The third-order valence-corrected chi connectivity index (χ3v) is 4.28. The number of carbonyl (C=O) groups is 2. The normalized spacial score (nSPS) is 15.0. The minimum atomic E-state index is -3.67. The van der Waals surface area contributed by atoms with Gasteiger partial charge in [0.05, 0.1) is 18.2 Å². The zero-order valence-corrected chi connectivity index (χ0v) is 14.1. The van der Waals surface area contributed by atoms with Gasteiger partial charge in [0, 0.05) is 0 Å². The van der Waals surface area contributed by atoms with E-state index in [9.17, 15) is 14.2 Å². The van der Waals surface area contributed by atoms with E-state index >= 15 is 0 Å². The van der Waals surface area contributed by atoms with Crippen molar-refractivity contribution in [2.45, 2.75) is 65.8 Å². The van der Waals surface area contributed by atoms with Crippen molar-refractivity contribution in [1.82, 2.24) is 10.4 Å². The molecule has 0 heterocycles. The molecule has 0 bridgehead atoms. The molecule has 0 radical (unpaired) electrons. The largest absolute Gasteiger partial charge is 0.480 e. The lowest BCUT2D eigenvalue weighted by atomic mass is 10.3. The van der Waals surface area contributed by atoms with E-state index < -0.39 is 31.7 Å². The molecule has 0 saturated carbocycles. The first kappa shape index (κ1) is 20.1. The smallest absolute Gasteiger partial charge is 0.406 e. The highest BCUT2D eigenvalue weighted by molar-refractivity contribution is 7.51. The van der Waals surface area contributed by atoms with Crippen LogP contribution in [0.25, 0.3) is 0 Å². The Kier molecular flexibility index (Phi) is 8.10. The van der Waals surface area contributed by atoms with Gasteiger partial charge in [0.25, 0.3) is 0 Å². The molecule has 0 spiro atoms. The van der Waals surface area contributed by atoms with E-state index in [1.807, 2.05) is 0 Å². The third kappa shape index (κ3) is 8.16. The zero-order chi connectivity index (χ0) is 16.8. The van der Waals surface area contributed by atoms with Crippen LogP contribution >= 0.6 is 7.75 Å². The van der Waals surface area contributed by atoms with Gasteiger partial charge in [0.1, 0.15) is 6.04 Å². The number of nitrogens with one attached hydrogen (secondary N) is 2. The molecular weight excluding hydrogens is 299 g/mol. The molecule has 2 unspecified atom stereocenters. The van der Waals surface area contributed by atoms with Crippen molar-refractivity contribution in [2.24, 2.45) is 0 Å². The fourth-order valence-electron chi connectivity index (χ4n) is 1.34. The summed E-state index contributed by atoms with van der Waals surface area (Å²) in [7, 11) is -3.67. The summed E-state index contributed by atoms with van der Waals surface area (Å²) < 4.78 is 23.0. The number of carboxylic acid groups (broad SMARTS) is 1. The molecule has 0 fully saturated rings. The third-order valence-electron chi connectivity index (χ3n) is 2.17. The van der Waals surface area contributed by atoms with Gasteiger partial charge in [-0.2, -0.15) is 0 Å². The number of amides is 1. The van der Waals surface area contributed by atoms with Crippen molar-refractivity contribution >= 4 is 19.6 Å². The van der Waals surface area contributed by atoms with Gasteiger partial charge in [-0.3, -0.25) is 18.6 Å². The Morgan fingerprint density at radius 3 is 1.71 bits per heavy atom. The number of hydrogen-bond donors (Lipinski definition) is 3. The second-order valence-corrected chi connectivity index (χ2v) is 6.90. The molecule has 8 nitrogen and oxygen atoms in total. The lowest BCUT2D eigenvalue weighted by Gasteiger charge is -2.26. The van der Waals surface area contributed by atoms with Crippen LogP contribution in [0.4, 0.5) is 0 Å². The molecule has 21 heavy (non-hydrogen) atoms. The molecule has 1 amide bonds. The SMILES string of the molecule is CC(C)OP(=O)(NC(C)C(=O)NC(C)C(=O)O)OC(C)C. The minimum Gasteiger partial charge on any atom is -0.480 e. The summed E-state index contributed by atoms with van der Waals surface area (Å²) in [4.78, 5) is 22.5. The maximum atomic E-state index is 12.5. The van der Waals surface area contributed by atoms with Crippen LogP contribution in [-0.4, -0.2) is 41.3 Å². The molecule has 0 aliphatic carbocycles. The molecule has 3 N–H and O–H groups in total. The van der Waals surface area contributed by atoms with Crippen molar-refractivity contribution in [1.29, 1.82) is 0 Å². The number of hydrogen-bond acceptors (Lipinski definition) is 5. The molecule has 0 saturated heterocycles. The molecule has 9 heteroatoms. The van der Waals surface area contributed by atoms with E-state index in [0.29, 0.717) is 0 Å². The minimum absolute atomic E-state index is 0.365. The second kappa shape index (κ2) is 8.48. The van der Waals surface area contributed by atoms with Crippen LogP contribution in [0.15, 0.2) is 0 Å². The monoisotopic (exact) mass is 324 g/mol. The van der Waals surface area contributed by atoms with Gasteiger partial charge in [-0.15, -0.1) is 0 Å². The molecule has 0 aliphatic rings. The first-order valence-corrected chi connectivity index (χ1v) is 8.29. The number of rotatable bonds is 9. The van der Waals surface area contributed by atoms with Crippen LogP contribution < -0.4 is 10.4 Å². The van der Waals surface area contributed by atoms with Gasteiger partial charge < -0.3 is 10.4 Å². The summed E-state index contributed by atoms with van der Waals surface area (Å²) in [6, 6.07) is -1.98. The Labute approximate surface area is 125 Å². The van der Waals surface area contributed by atoms with Gasteiger partial charge in [0.2, 0.25) is 5.91 Å². The Balaban J connectivity index is 4.80. The summed E-state index contributed by atoms with van der Waals surface area (Å²) >= 11 is 0. The predicted molar refractivity (Wildman–Crippen MR) is 77.9 cm³/mol. The van der Waals surface area contributed by atoms with Gasteiger partial charge in [-0.1, -0.05) is 0 Å². The van der Waals surface area contributed by atoms with Gasteiger partial charge in [0.15, 0.2) is 0 Å². The molecule has 0 aromatic rings. The first-order chi connectivity index (χ1) is 9.46. The lowest BCUT2D eigenvalue weighted by Crippen LogP contribution is -2.47. The van der Waals surface area contributed by atoms with Crippen LogP contribution in [0.5, 0.6) is 0 Å². The predicted octanol–water partition coefficient (Wildman–Crippen LogP) is 1.51. The summed E-state index contributed by atoms with van der Waals surface area (Å²) in [5.74, 6) is -1.76. The number of carbonyl (C=O) groups excluding carboxylic acids is 1. The highest BCUT2D eigenvalue weighted by Crippen LogP contribution is 2.46. The first-order valence-electron chi connectivity index (χ1n) is 6.74. The molecular formula is C12H25N2O6P. The Bertz CT molecular complexity index is 399. The molecule has 2 atom stereocenters. The molecule has 124 valence electrons. The topological polar surface area (TPSA) is 114 Å². The van der Waals surface area contributed by atoms with Crippen LogP contribution in [0.3, 0.4) is 0 Å². The van der Waals surface area contributed by atoms with Crippen LogP contribution in [0.1, 0.15) is 41.5 Å². The Hall–Kier alpha value is -0.950. The van der Waals surface area contributed by atoms with Crippen molar-refractivity contribution in [2.75, 3.05) is 0 Å². The Morgan fingerprint density at radius 2 is 1.38 bits per heavy atom. The zero-order valence-electron chi connectivity index (χ0n) is 13.2. The van der Waals surface area contributed by atoms with Gasteiger partial charge >= 0.3 is 13.7 Å². The fourth-order valence-corrected chi connectivity index (χ4v) is 3.21. The van der Waals surface area contributed by atoms with Crippen LogP contribution in [0, 0.1) is 0 Å². The van der Waals surface area contributed by atoms with E-state index in [2.05, 4.69) is 10.4 Å². The summed E-state index contributed by atoms with van der Waals surface area (Å²) in [5.41, 5.74) is 0. The maximum Gasteiger partial charge on any atom is 0.406 e. The quantitative estimate of drug-likeness (QED) is 0.551. The maximum absolute atomic E-state index is 12.5. The molecule has 0 aromatic carbocycles. The lowest BCUT2D eigenvalue weighted by molar-refractivity contribution is -0.141. The van der Waals surface area contributed by atoms with E-state index in [1.165, 1.54) is 13.8 Å². The van der Waals surface area contributed by atoms with E-state index in [4.69, 9.17) is 14.2 Å². The Morgan fingerprint density at radius 1 is 0.952 bits per heavy atom. The average molecular weight is 324 g/mol. The van der Waals surface area contributed by atoms with Crippen molar-refractivity contribution in [3.63, 3.8) is 0 Å². The van der Waals surface area contributed by atoms with Crippen LogP contribution in [0.2, 0.25) is 0 Å². The summed E-state index contributed by atoms with van der Waals surface area (Å²) in [6.45, 7) is 9.54. The number of carboxylic acids is 1. The highest BCUT2D eigenvalue weighted by atomic mass is 31.2. The highest BCUT2D eigenvalue weighted by Gasteiger charge is 2.32. The summed E-state index contributed by atoms with van der Waals surface area (Å²) in [6.07, 6.45) is -0.731. The molecule has 0 aromatic heterocycles. The average Bonchev–Trinajstić information content (AvgIpc) is 2.25. The van der Waals surface area contributed by atoms with E-state index in [-0.39, 0.29) is 12.2 Å². The second-order valence-electron chi connectivity index (χ2n) is 5.23. The van der Waals surface area contributed by atoms with E-state index in [1.54, 1.807) is 27.7 Å². The van der Waals surface area contributed by atoms with Crippen molar-refractivity contribution in [3.8, 4) is 0 Å². The van der Waals surface area contributed by atoms with Crippen molar-refractivity contribution < 1.29 is 28.3 Å². The summed E-state index contributed by atoms with van der Waals surface area (Å²) in [5, 5.41) is 13.5. The number of aliphatic carboxylic acids is 1.